The fraction of sp³-hybridized carbons (Fsp3) is 0.458. The second-order valence-corrected chi connectivity index (χ2v) is 10.4. The number of hydrogen-bond acceptors (Lipinski definition) is 8. The largest absolute Gasteiger partial charge is 0.449 e. The molecular weight excluding hydrogens is 515 g/mol. The summed E-state index contributed by atoms with van der Waals surface area (Å²) in [6.45, 7) is 2.96. The summed E-state index contributed by atoms with van der Waals surface area (Å²) in [5.41, 5.74) is 0.582. The number of rotatable bonds is 10. The Morgan fingerprint density at radius 2 is 1.74 bits per heavy atom. The standard InChI is InChI=1S/C24H33N6O7P/c1-3-4-14-37-24(33)30-12-10-29(11-13-30)23(32)19(16-38(34,35)36)27-22(31)18-15-20(25-2)28-21(26-18)17-8-6-5-7-9-17/h5-9,15,19H,3-4,10-14,16H2,1-2H3,(H,27,31)(H,25,26,28)(H2,34,35,36)/t19-/m0/s1. The van der Waals surface area contributed by atoms with E-state index in [1.807, 2.05) is 13.0 Å². The number of nitrogens with one attached hydrogen (secondary N) is 2. The molecule has 0 spiro atoms. The maximum absolute atomic E-state index is 13.2. The number of aromatic nitrogens is 2. The van der Waals surface area contributed by atoms with Crippen molar-refractivity contribution < 1.29 is 33.5 Å². The maximum Gasteiger partial charge on any atom is 0.409 e. The Labute approximate surface area is 220 Å². The Morgan fingerprint density at radius 3 is 2.34 bits per heavy atom. The minimum absolute atomic E-state index is 0.0774. The SMILES string of the molecule is CCCCOC(=O)N1CCN(C(=O)[C@H](CP(=O)(O)O)NC(=O)c2cc(NC)nc(-c3ccccc3)n2)CC1. The normalized spacial score (nSPS) is 14.5. The van der Waals surface area contributed by atoms with Crippen LogP contribution >= 0.6 is 7.60 Å². The minimum Gasteiger partial charge on any atom is -0.449 e. The van der Waals surface area contributed by atoms with E-state index < -0.39 is 37.7 Å². The molecular formula is C24H33N6O7P. The maximum atomic E-state index is 13.2. The third-order valence-corrected chi connectivity index (χ3v) is 6.68. The quantitative estimate of drug-likeness (QED) is 0.252. The van der Waals surface area contributed by atoms with Gasteiger partial charge in [-0.3, -0.25) is 14.2 Å². The van der Waals surface area contributed by atoms with Gasteiger partial charge in [-0.25, -0.2) is 14.8 Å². The van der Waals surface area contributed by atoms with Crippen molar-refractivity contribution >= 4 is 31.3 Å². The molecule has 1 aliphatic rings. The number of benzene rings is 1. The molecule has 13 nitrogen and oxygen atoms in total. The molecule has 0 saturated carbocycles. The first-order chi connectivity index (χ1) is 18.1. The molecule has 206 valence electrons. The average molecular weight is 549 g/mol. The van der Waals surface area contributed by atoms with Crippen molar-refractivity contribution in [3.05, 3.63) is 42.1 Å². The zero-order chi connectivity index (χ0) is 27.7. The third-order valence-electron chi connectivity index (χ3n) is 5.84. The predicted molar refractivity (Wildman–Crippen MR) is 140 cm³/mol. The Bertz CT molecular complexity index is 1170. The van der Waals surface area contributed by atoms with Gasteiger partial charge in [0, 0.05) is 44.9 Å². The van der Waals surface area contributed by atoms with Crippen molar-refractivity contribution in [2.75, 3.05) is 51.3 Å². The molecule has 2 heterocycles. The van der Waals surface area contributed by atoms with E-state index >= 15 is 0 Å². The lowest BCUT2D eigenvalue weighted by Crippen LogP contribution is -2.56. The van der Waals surface area contributed by atoms with Crippen LogP contribution in [0.25, 0.3) is 11.4 Å². The van der Waals surface area contributed by atoms with E-state index in [0.717, 1.165) is 12.8 Å². The average Bonchev–Trinajstić information content (AvgIpc) is 2.91. The second-order valence-electron chi connectivity index (χ2n) is 8.73. The van der Waals surface area contributed by atoms with Crippen molar-refractivity contribution in [1.82, 2.24) is 25.1 Å². The summed E-state index contributed by atoms with van der Waals surface area (Å²) < 4.78 is 17.0. The zero-order valence-electron chi connectivity index (χ0n) is 21.4. The highest BCUT2D eigenvalue weighted by Crippen LogP contribution is 2.35. The van der Waals surface area contributed by atoms with Crippen molar-refractivity contribution in [2.45, 2.75) is 25.8 Å². The molecule has 1 atom stereocenters. The highest BCUT2D eigenvalue weighted by atomic mass is 31.2. The number of anilines is 1. The first-order valence-electron chi connectivity index (χ1n) is 12.3. The number of piperazine rings is 1. The summed E-state index contributed by atoms with van der Waals surface area (Å²) in [6.07, 6.45) is 0.292. The van der Waals surface area contributed by atoms with E-state index in [4.69, 9.17) is 4.74 Å². The number of unbranched alkanes of at least 4 members (excludes halogenated alkanes) is 1. The number of amides is 3. The second kappa shape index (κ2) is 13.3. The molecule has 1 aliphatic heterocycles. The van der Waals surface area contributed by atoms with Crippen molar-refractivity contribution in [2.24, 2.45) is 0 Å². The Balaban J connectivity index is 1.73. The van der Waals surface area contributed by atoms with Gasteiger partial charge in [-0.05, 0) is 6.42 Å². The molecule has 0 bridgehead atoms. The van der Waals surface area contributed by atoms with Gasteiger partial charge < -0.3 is 35.0 Å². The number of ether oxygens (including phenoxy) is 1. The van der Waals surface area contributed by atoms with Gasteiger partial charge in [0.2, 0.25) is 5.91 Å². The van der Waals surface area contributed by atoms with Crippen molar-refractivity contribution in [3.8, 4) is 11.4 Å². The van der Waals surface area contributed by atoms with Crippen LogP contribution in [-0.4, -0.2) is 99.5 Å². The molecule has 0 aliphatic carbocycles. The van der Waals surface area contributed by atoms with Gasteiger partial charge in [0.1, 0.15) is 17.6 Å². The first-order valence-corrected chi connectivity index (χ1v) is 14.1. The Morgan fingerprint density at radius 1 is 1.08 bits per heavy atom. The third kappa shape index (κ3) is 8.23. The lowest BCUT2D eigenvalue weighted by molar-refractivity contribution is -0.134. The fourth-order valence-electron chi connectivity index (χ4n) is 3.79. The predicted octanol–water partition coefficient (Wildman–Crippen LogP) is 1.54. The van der Waals surface area contributed by atoms with Crippen LogP contribution in [0.1, 0.15) is 30.3 Å². The zero-order valence-corrected chi connectivity index (χ0v) is 22.3. The molecule has 4 N–H and O–H groups in total. The van der Waals surface area contributed by atoms with Gasteiger partial charge in [-0.1, -0.05) is 43.7 Å². The topological polar surface area (TPSA) is 174 Å². The summed E-state index contributed by atoms with van der Waals surface area (Å²) >= 11 is 0. The Hall–Kier alpha value is -3.54. The summed E-state index contributed by atoms with van der Waals surface area (Å²) in [6, 6.07) is 8.84. The molecule has 1 fully saturated rings. The van der Waals surface area contributed by atoms with Crippen LogP contribution in [0.2, 0.25) is 0 Å². The van der Waals surface area contributed by atoms with Gasteiger partial charge in [0.05, 0.1) is 12.8 Å². The molecule has 0 radical (unpaired) electrons. The lowest BCUT2D eigenvalue weighted by Gasteiger charge is -2.36. The van der Waals surface area contributed by atoms with E-state index in [2.05, 4.69) is 20.6 Å². The Kier molecular flexibility index (Phi) is 10.2. The molecule has 1 aromatic heterocycles. The van der Waals surface area contributed by atoms with E-state index in [-0.39, 0.29) is 37.7 Å². The monoisotopic (exact) mass is 548 g/mol. The van der Waals surface area contributed by atoms with Crippen LogP contribution in [0.5, 0.6) is 0 Å². The van der Waals surface area contributed by atoms with Gasteiger partial charge >= 0.3 is 13.7 Å². The molecule has 0 unspecified atom stereocenters. The molecule has 38 heavy (non-hydrogen) atoms. The summed E-state index contributed by atoms with van der Waals surface area (Å²) in [5.74, 6) is -0.830. The molecule has 1 saturated heterocycles. The van der Waals surface area contributed by atoms with Crippen LogP contribution in [0.3, 0.4) is 0 Å². The number of hydrogen-bond donors (Lipinski definition) is 4. The smallest absolute Gasteiger partial charge is 0.409 e. The number of carbonyl (C=O) groups excluding carboxylic acids is 3. The first kappa shape index (κ1) is 29.0. The van der Waals surface area contributed by atoms with Crippen LogP contribution in [-0.2, 0) is 14.1 Å². The van der Waals surface area contributed by atoms with E-state index in [1.165, 1.54) is 15.9 Å². The summed E-state index contributed by atoms with van der Waals surface area (Å²) in [4.78, 5) is 69.2. The summed E-state index contributed by atoms with van der Waals surface area (Å²) in [7, 11) is -3.06. The van der Waals surface area contributed by atoms with E-state index in [0.29, 0.717) is 18.0 Å². The van der Waals surface area contributed by atoms with Gasteiger partial charge in [-0.15, -0.1) is 0 Å². The summed E-state index contributed by atoms with van der Waals surface area (Å²) in [5, 5.41) is 5.29. The molecule has 14 heteroatoms. The van der Waals surface area contributed by atoms with E-state index in [1.54, 1.807) is 31.3 Å². The molecule has 2 aromatic rings. The van der Waals surface area contributed by atoms with Crippen LogP contribution in [0.15, 0.2) is 36.4 Å². The fourth-order valence-corrected chi connectivity index (χ4v) is 4.51. The van der Waals surface area contributed by atoms with Crippen molar-refractivity contribution in [3.63, 3.8) is 0 Å². The lowest BCUT2D eigenvalue weighted by atomic mass is 10.2. The van der Waals surface area contributed by atoms with Gasteiger partial charge in [-0.2, -0.15) is 0 Å². The highest BCUT2D eigenvalue weighted by molar-refractivity contribution is 7.51. The molecule has 1 aromatic carbocycles. The van der Waals surface area contributed by atoms with Crippen LogP contribution in [0, 0.1) is 0 Å². The van der Waals surface area contributed by atoms with Gasteiger partial charge in [0.15, 0.2) is 5.82 Å². The highest BCUT2D eigenvalue weighted by Gasteiger charge is 2.35. The molecule has 3 amide bonds. The number of carbonyl (C=O) groups is 3. The molecule has 3 rings (SSSR count). The van der Waals surface area contributed by atoms with Gasteiger partial charge in [0.25, 0.3) is 5.91 Å². The van der Waals surface area contributed by atoms with Crippen LogP contribution < -0.4 is 10.6 Å². The van der Waals surface area contributed by atoms with Crippen LogP contribution in [0.4, 0.5) is 10.6 Å². The number of nitrogens with zero attached hydrogens (tertiary/aromatic N) is 4. The van der Waals surface area contributed by atoms with E-state index in [9.17, 15) is 28.7 Å². The minimum atomic E-state index is -4.68. The van der Waals surface area contributed by atoms with Crippen molar-refractivity contribution in [1.29, 1.82) is 0 Å².